The molecule has 0 saturated carbocycles. The lowest BCUT2D eigenvalue weighted by Gasteiger charge is -2.21. The summed E-state index contributed by atoms with van der Waals surface area (Å²) in [7, 11) is 1.66. The fraction of sp³-hybridized carbons (Fsp3) is 0.250. The second kappa shape index (κ2) is 5.67. The van der Waals surface area contributed by atoms with E-state index in [0.717, 1.165) is 22.8 Å². The molecular weight excluding hydrogens is 263 g/mol. The molecule has 1 atom stereocenters. The lowest BCUT2D eigenvalue weighted by atomic mass is 9.92. The second-order valence-electron chi connectivity index (χ2n) is 4.78. The van der Waals surface area contributed by atoms with Gasteiger partial charge in [-0.2, -0.15) is 0 Å². The monoisotopic (exact) mass is 279 g/mol. The summed E-state index contributed by atoms with van der Waals surface area (Å²) >= 11 is 0. The Morgan fingerprint density at radius 1 is 0.900 bits per heavy atom. The molecular formula is C16H16F3N. The molecule has 20 heavy (non-hydrogen) atoms. The van der Waals surface area contributed by atoms with Gasteiger partial charge in [0.25, 0.3) is 0 Å². The van der Waals surface area contributed by atoms with Crippen molar-refractivity contribution in [1.29, 1.82) is 0 Å². The van der Waals surface area contributed by atoms with Gasteiger partial charge in [-0.05, 0) is 43.7 Å². The summed E-state index contributed by atoms with van der Waals surface area (Å²) in [5, 5.41) is 2.96. The highest BCUT2D eigenvalue weighted by molar-refractivity contribution is 5.41. The van der Waals surface area contributed by atoms with Crippen LogP contribution in [0, 0.1) is 31.3 Å². The van der Waals surface area contributed by atoms with Crippen LogP contribution < -0.4 is 5.32 Å². The van der Waals surface area contributed by atoms with Crippen LogP contribution in [0.15, 0.2) is 30.3 Å². The summed E-state index contributed by atoms with van der Waals surface area (Å²) in [5.74, 6) is -3.76. The van der Waals surface area contributed by atoms with E-state index in [0.29, 0.717) is 0 Å². The number of benzene rings is 2. The molecule has 106 valence electrons. The quantitative estimate of drug-likeness (QED) is 0.836. The lowest BCUT2D eigenvalue weighted by Crippen LogP contribution is -2.21. The van der Waals surface area contributed by atoms with E-state index >= 15 is 0 Å². The normalized spacial score (nSPS) is 12.5. The van der Waals surface area contributed by atoms with Crippen LogP contribution in [0.2, 0.25) is 0 Å². The van der Waals surface area contributed by atoms with Crippen LogP contribution in [-0.4, -0.2) is 7.05 Å². The average molecular weight is 279 g/mol. The Morgan fingerprint density at radius 2 is 1.60 bits per heavy atom. The summed E-state index contributed by atoms with van der Waals surface area (Å²) in [6, 6.07) is 7.36. The van der Waals surface area contributed by atoms with Gasteiger partial charge in [0.2, 0.25) is 0 Å². The van der Waals surface area contributed by atoms with E-state index in [9.17, 15) is 13.2 Å². The van der Waals surface area contributed by atoms with Gasteiger partial charge in [-0.15, -0.1) is 0 Å². The Bertz CT molecular complexity index is 638. The van der Waals surface area contributed by atoms with E-state index < -0.39 is 23.5 Å². The zero-order chi connectivity index (χ0) is 14.9. The molecule has 0 radical (unpaired) electrons. The number of aryl methyl sites for hydroxylation is 1. The SMILES string of the molecule is CNC(c1cccc(C)c1C)c1ccc(F)c(F)c1F. The molecule has 0 heterocycles. The van der Waals surface area contributed by atoms with Gasteiger partial charge in [0.15, 0.2) is 17.5 Å². The van der Waals surface area contributed by atoms with Crippen LogP contribution in [-0.2, 0) is 0 Å². The average Bonchev–Trinajstić information content (AvgIpc) is 2.44. The molecule has 1 unspecified atom stereocenters. The Balaban J connectivity index is 2.59. The molecule has 0 saturated heterocycles. The lowest BCUT2D eigenvalue weighted by molar-refractivity contribution is 0.435. The van der Waals surface area contributed by atoms with Crippen molar-refractivity contribution in [1.82, 2.24) is 5.32 Å². The van der Waals surface area contributed by atoms with Crippen LogP contribution in [0.3, 0.4) is 0 Å². The minimum atomic E-state index is -1.44. The minimum absolute atomic E-state index is 0.0973. The topological polar surface area (TPSA) is 12.0 Å². The highest BCUT2D eigenvalue weighted by Gasteiger charge is 2.22. The third kappa shape index (κ3) is 2.43. The van der Waals surface area contributed by atoms with E-state index in [4.69, 9.17) is 0 Å². The van der Waals surface area contributed by atoms with Gasteiger partial charge in [-0.1, -0.05) is 24.3 Å². The molecule has 2 rings (SSSR count). The predicted molar refractivity (Wildman–Crippen MR) is 73.1 cm³/mol. The van der Waals surface area contributed by atoms with E-state index in [1.54, 1.807) is 7.05 Å². The summed E-state index contributed by atoms with van der Waals surface area (Å²) < 4.78 is 40.4. The zero-order valence-electron chi connectivity index (χ0n) is 11.6. The smallest absolute Gasteiger partial charge is 0.194 e. The first kappa shape index (κ1) is 14.6. The van der Waals surface area contributed by atoms with Crippen LogP contribution in [0.25, 0.3) is 0 Å². The van der Waals surface area contributed by atoms with Gasteiger partial charge in [0, 0.05) is 5.56 Å². The predicted octanol–water partition coefficient (Wildman–Crippen LogP) is 4.03. The first-order chi connectivity index (χ1) is 9.47. The third-order valence-corrected chi connectivity index (χ3v) is 3.62. The number of nitrogens with one attached hydrogen (secondary N) is 1. The molecule has 0 aliphatic heterocycles. The molecule has 4 heteroatoms. The molecule has 0 aliphatic carbocycles. The Hall–Kier alpha value is -1.81. The molecule has 2 aromatic rings. The molecule has 1 nitrogen and oxygen atoms in total. The van der Waals surface area contributed by atoms with Crippen molar-refractivity contribution in [3.8, 4) is 0 Å². The van der Waals surface area contributed by atoms with Gasteiger partial charge < -0.3 is 5.32 Å². The summed E-state index contributed by atoms with van der Waals surface area (Å²) in [6.07, 6.45) is 0. The van der Waals surface area contributed by atoms with E-state index in [1.807, 2.05) is 32.0 Å². The molecule has 0 amide bonds. The number of rotatable bonds is 3. The molecule has 0 aliphatic rings. The Labute approximate surface area is 116 Å². The van der Waals surface area contributed by atoms with Crippen molar-refractivity contribution in [2.24, 2.45) is 0 Å². The summed E-state index contributed by atoms with van der Waals surface area (Å²) in [5.41, 5.74) is 3.00. The van der Waals surface area contributed by atoms with Gasteiger partial charge in [0.05, 0.1) is 6.04 Å². The zero-order valence-corrected chi connectivity index (χ0v) is 11.6. The number of hydrogen-bond acceptors (Lipinski definition) is 1. The summed E-state index contributed by atoms with van der Waals surface area (Å²) in [6.45, 7) is 3.87. The fourth-order valence-corrected chi connectivity index (χ4v) is 2.33. The van der Waals surface area contributed by atoms with Gasteiger partial charge in [-0.25, -0.2) is 13.2 Å². The van der Waals surface area contributed by atoms with E-state index in [-0.39, 0.29) is 5.56 Å². The second-order valence-corrected chi connectivity index (χ2v) is 4.78. The molecule has 0 bridgehead atoms. The van der Waals surface area contributed by atoms with Crippen molar-refractivity contribution in [2.75, 3.05) is 7.05 Å². The maximum Gasteiger partial charge on any atom is 0.194 e. The fourth-order valence-electron chi connectivity index (χ4n) is 2.33. The van der Waals surface area contributed by atoms with Crippen molar-refractivity contribution in [3.63, 3.8) is 0 Å². The first-order valence-corrected chi connectivity index (χ1v) is 6.34. The molecule has 2 aromatic carbocycles. The largest absolute Gasteiger partial charge is 0.309 e. The molecule has 1 N–H and O–H groups in total. The highest BCUT2D eigenvalue weighted by Crippen LogP contribution is 2.29. The van der Waals surface area contributed by atoms with Crippen LogP contribution in [0.4, 0.5) is 13.2 Å². The molecule has 0 aromatic heterocycles. The summed E-state index contributed by atoms with van der Waals surface area (Å²) in [4.78, 5) is 0. The Morgan fingerprint density at radius 3 is 2.25 bits per heavy atom. The van der Waals surface area contributed by atoms with Gasteiger partial charge in [0.1, 0.15) is 0 Å². The van der Waals surface area contributed by atoms with Crippen LogP contribution in [0.1, 0.15) is 28.3 Å². The minimum Gasteiger partial charge on any atom is -0.309 e. The van der Waals surface area contributed by atoms with Crippen LogP contribution >= 0.6 is 0 Å². The molecule has 0 spiro atoms. The van der Waals surface area contributed by atoms with Crippen LogP contribution in [0.5, 0.6) is 0 Å². The number of halogens is 3. The first-order valence-electron chi connectivity index (χ1n) is 6.34. The van der Waals surface area contributed by atoms with Crippen molar-refractivity contribution in [3.05, 3.63) is 70.0 Å². The highest BCUT2D eigenvalue weighted by atomic mass is 19.2. The van der Waals surface area contributed by atoms with E-state index in [1.165, 1.54) is 6.07 Å². The third-order valence-electron chi connectivity index (χ3n) is 3.62. The van der Waals surface area contributed by atoms with Gasteiger partial charge >= 0.3 is 0 Å². The Kier molecular flexibility index (Phi) is 4.14. The van der Waals surface area contributed by atoms with Crippen molar-refractivity contribution < 1.29 is 13.2 Å². The molecule has 0 fully saturated rings. The maximum atomic E-state index is 14.0. The van der Waals surface area contributed by atoms with Crippen molar-refractivity contribution in [2.45, 2.75) is 19.9 Å². The number of hydrogen-bond donors (Lipinski definition) is 1. The van der Waals surface area contributed by atoms with E-state index in [2.05, 4.69) is 5.32 Å². The van der Waals surface area contributed by atoms with Gasteiger partial charge in [-0.3, -0.25) is 0 Å². The van der Waals surface area contributed by atoms with Crippen molar-refractivity contribution >= 4 is 0 Å². The maximum absolute atomic E-state index is 14.0. The standard InChI is InChI=1S/C16H16F3N/c1-9-5-4-6-11(10(9)2)16(20-3)12-7-8-13(17)15(19)14(12)18/h4-8,16,20H,1-3H3.